The van der Waals surface area contributed by atoms with Crippen molar-refractivity contribution in [3.63, 3.8) is 0 Å². The molecule has 0 bridgehead atoms. The number of hydrogen-bond donors (Lipinski definition) is 2. The highest BCUT2D eigenvalue weighted by atomic mass is 16.5. The Morgan fingerprint density at radius 2 is 1.44 bits per heavy atom. The molecule has 2 N–H and O–H groups in total. The van der Waals surface area contributed by atoms with Gasteiger partial charge in [0.15, 0.2) is 0 Å². The predicted molar refractivity (Wildman–Crippen MR) is 127 cm³/mol. The molecule has 8 nitrogen and oxygen atoms in total. The van der Waals surface area contributed by atoms with Gasteiger partial charge in [0.25, 0.3) is 5.91 Å². The fourth-order valence-corrected chi connectivity index (χ4v) is 4.73. The van der Waals surface area contributed by atoms with Crippen LogP contribution in [0, 0.1) is 0 Å². The number of aliphatic carboxylic acids is 2. The Hall–Kier alpha value is -3.39. The van der Waals surface area contributed by atoms with Crippen LogP contribution in [0.4, 0.5) is 0 Å². The highest BCUT2D eigenvalue weighted by molar-refractivity contribution is 6.27. The van der Waals surface area contributed by atoms with Crippen molar-refractivity contribution in [2.75, 3.05) is 33.3 Å². The number of ether oxygens (including phenoxy) is 1. The molecule has 1 heterocycles. The first-order valence-corrected chi connectivity index (χ1v) is 11.6. The molecule has 1 aliphatic heterocycles. The van der Waals surface area contributed by atoms with Crippen LogP contribution in [0.1, 0.15) is 47.5 Å². The Morgan fingerprint density at radius 3 is 2.00 bits per heavy atom. The minimum Gasteiger partial charge on any atom is -0.497 e. The Kier molecular flexibility index (Phi) is 9.04. The van der Waals surface area contributed by atoms with Crippen molar-refractivity contribution in [3.05, 3.63) is 65.7 Å². The van der Waals surface area contributed by atoms with E-state index in [-0.39, 0.29) is 5.91 Å². The van der Waals surface area contributed by atoms with Gasteiger partial charge in [0.1, 0.15) is 5.75 Å². The SMILES string of the molecule is COc1cccc(C(=O)N2CCN(C3CCC(c4ccccc4)CC3)CC2)c1.O=C(O)C(=O)O. The molecule has 1 amide bonds. The smallest absolute Gasteiger partial charge is 0.414 e. The Morgan fingerprint density at radius 1 is 0.824 bits per heavy atom. The maximum Gasteiger partial charge on any atom is 0.414 e. The molecular formula is C26H32N2O6. The number of benzene rings is 2. The molecule has 0 aromatic heterocycles. The second-order valence-corrected chi connectivity index (χ2v) is 8.59. The lowest BCUT2D eigenvalue weighted by molar-refractivity contribution is -0.159. The van der Waals surface area contributed by atoms with Crippen LogP contribution in [0.3, 0.4) is 0 Å². The summed E-state index contributed by atoms with van der Waals surface area (Å²) in [5.41, 5.74) is 2.21. The zero-order chi connectivity index (χ0) is 24.5. The minimum absolute atomic E-state index is 0.117. The van der Waals surface area contributed by atoms with Crippen LogP contribution in [0.5, 0.6) is 5.75 Å². The van der Waals surface area contributed by atoms with Crippen molar-refractivity contribution in [3.8, 4) is 5.75 Å². The summed E-state index contributed by atoms with van der Waals surface area (Å²) >= 11 is 0. The lowest BCUT2D eigenvalue weighted by atomic mass is 9.81. The van der Waals surface area contributed by atoms with Crippen LogP contribution in [0.15, 0.2) is 54.6 Å². The Balaban J connectivity index is 0.000000481. The normalized spacial score (nSPS) is 20.6. The van der Waals surface area contributed by atoms with Gasteiger partial charge < -0.3 is 19.8 Å². The molecule has 2 aromatic rings. The summed E-state index contributed by atoms with van der Waals surface area (Å²) in [6.45, 7) is 3.59. The van der Waals surface area contributed by atoms with Crippen LogP contribution < -0.4 is 4.74 Å². The summed E-state index contributed by atoms with van der Waals surface area (Å²) in [7, 11) is 1.63. The summed E-state index contributed by atoms with van der Waals surface area (Å²) in [5.74, 6) is -2.08. The first-order chi connectivity index (χ1) is 16.4. The van der Waals surface area contributed by atoms with Crippen molar-refractivity contribution in [2.24, 2.45) is 0 Å². The molecule has 2 fully saturated rings. The molecule has 1 saturated carbocycles. The van der Waals surface area contributed by atoms with E-state index in [0.29, 0.717) is 12.0 Å². The molecule has 8 heteroatoms. The number of rotatable bonds is 4. The fraction of sp³-hybridized carbons (Fsp3) is 0.423. The van der Waals surface area contributed by atoms with Gasteiger partial charge in [-0.3, -0.25) is 9.69 Å². The third-order valence-corrected chi connectivity index (χ3v) is 6.59. The van der Waals surface area contributed by atoms with E-state index < -0.39 is 11.9 Å². The van der Waals surface area contributed by atoms with Gasteiger partial charge >= 0.3 is 11.9 Å². The lowest BCUT2D eigenvalue weighted by Crippen LogP contribution is -2.52. The molecule has 0 radical (unpaired) electrons. The van der Waals surface area contributed by atoms with Crippen LogP contribution >= 0.6 is 0 Å². The minimum atomic E-state index is -1.82. The Bertz CT molecular complexity index is 952. The van der Waals surface area contributed by atoms with E-state index in [1.165, 1.54) is 31.2 Å². The molecule has 0 atom stereocenters. The van der Waals surface area contributed by atoms with Crippen LogP contribution in [0.25, 0.3) is 0 Å². The third-order valence-electron chi connectivity index (χ3n) is 6.59. The summed E-state index contributed by atoms with van der Waals surface area (Å²) in [4.78, 5) is 35.6. The molecule has 1 saturated heterocycles. The van der Waals surface area contributed by atoms with Crippen molar-refractivity contribution in [1.82, 2.24) is 9.80 Å². The molecule has 34 heavy (non-hydrogen) atoms. The van der Waals surface area contributed by atoms with E-state index in [1.54, 1.807) is 7.11 Å². The van der Waals surface area contributed by atoms with Gasteiger partial charge in [-0.25, -0.2) is 9.59 Å². The van der Waals surface area contributed by atoms with Crippen LogP contribution in [-0.4, -0.2) is 77.2 Å². The number of carbonyl (C=O) groups excluding carboxylic acids is 1. The van der Waals surface area contributed by atoms with Gasteiger partial charge in [-0.2, -0.15) is 0 Å². The number of carboxylic acids is 2. The average Bonchev–Trinajstić information content (AvgIpc) is 2.89. The first-order valence-electron chi connectivity index (χ1n) is 11.6. The summed E-state index contributed by atoms with van der Waals surface area (Å²) < 4.78 is 5.25. The highest BCUT2D eigenvalue weighted by Crippen LogP contribution is 2.35. The zero-order valence-corrected chi connectivity index (χ0v) is 19.4. The van der Waals surface area contributed by atoms with Gasteiger partial charge in [-0.15, -0.1) is 0 Å². The molecule has 4 rings (SSSR count). The van der Waals surface area contributed by atoms with Gasteiger partial charge in [0.2, 0.25) is 0 Å². The monoisotopic (exact) mass is 468 g/mol. The van der Waals surface area contributed by atoms with E-state index in [0.717, 1.165) is 37.5 Å². The second kappa shape index (κ2) is 12.2. The quantitative estimate of drug-likeness (QED) is 0.663. The predicted octanol–water partition coefficient (Wildman–Crippen LogP) is 3.34. The maximum atomic E-state index is 12.8. The Labute approximate surface area is 199 Å². The van der Waals surface area contributed by atoms with Crippen LogP contribution in [-0.2, 0) is 9.59 Å². The van der Waals surface area contributed by atoms with E-state index in [1.807, 2.05) is 29.2 Å². The second-order valence-electron chi connectivity index (χ2n) is 8.59. The number of carboxylic acid groups (broad SMARTS) is 2. The van der Waals surface area contributed by atoms with Crippen molar-refractivity contribution in [1.29, 1.82) is 0 Å². The molecule has 0 unspecified atom stereocenters. The molecule has 0 spiro atoms. The summed E-state index contributed by atoms with van der Waals surface area (Å²) in [6, 6.07) is 19.1. The highest BCUT2D eigenvalue weighted by Gasteiger charge is 2.30. The number of piperazine rings is 1. The molecule has 1 aliphatic carbocycles. The zero-order valence-electron chi connectivity index (χ0n) is 19.4. The van der Waals surface area contributed by atoms with E-state index in [9.17, 15) is 4.79 Å². The van der Waals surface area contributed by atoms with Gasteiger partial charge in [0, 0.05) is 37.8 Å². The largest absolute Gasteiger partial charge is 0.497 e. The number of hydrogen-bond acceptors (Lipinski definition) is 5. The van der Waals surface area contributed by atoms with Crippen molar-refractivity contribution >= 4 is 17.8 Å². The van der Waals surface area contributed by atoms with Gasteiger partial charge in [0.05, 0.1) is 7.11 Å². The number of carbonyl (C=O) groups is 3. The molecule has 182 valence electrons. The maximum absolute atomic E-state index is 12.8. The summed E-state index contributed by atoms with van der Waals surface area (Å²) in [6.07, 6.45) is 5.09. The average molecular weight is 469 g/mol. The van der Waals surface area contributed by atoms with Crippen LogP contribution in [0.2, 0.25) is 0 Å². The van der Waals surface area contributed by atoms with E-state index in [2.05, 4.69) is 35.2 Å². The number of amides is 1. The van der Waals surface area contributed by atoms with Crippen molar-refractivity contribution < 1.29 is 29.3 Å². The number of nitrogens with zero attached hydrogens (tertiary/aromatic N) is 2. The molecule has 2 aromatic carbocycles. The molecular weight excluding hydrogens is 436 g/mol. The first kappa shape index (κ1) is 25.2. The van der Waals surface area contributed by atoms with E-state index in [4.69, 9.17) is 24.5 Å². The fourth-order valence-electron chi connectivity index (χ4n) is 4.73. The summed E-state index contributed by atoms with van der Waals surface area (Å²) in [5, 5.41) is 14.8. The molecule has 2 aliphatic rings. The standard InChI is InChI=1S/C24H30N2O2.C2H2O4/c1-28-23-9-5-8-21(18-23)24(27)26-16-14-25(15-17-26)22-12-10-20(11-13-22)19-6-3-2-4-7-19;3-1(4)2(5)6/h2-9,18,20,22H,10-17H2,1H3;(H,3,4)(H,5,6). The van der Waals surface area contributed by atoms with Gasteiger partial charge in [-0.1, -0.05) is 36.4 Å². The lowest BCUT2D eigenvalue weighted by Gasteiger charge is -2.42. The van der Waals surface area contributed by atoms with E-state index >= 15 is 0 Å². The third kappa shape index (κ3) is 6.81. The number of methoxy groups -OCH3 is 1. The van der Waals surface area contributed by atoms with Gasteiger partial charge in [-0.05, 0) is 55.4 Å². The van der Waals surface area contributed by atoms with Crippen molar-refractivity contribution in [2.45, 2.75) is 37.6 Å². The topological polar surface area (TPSA) is 107 Å².